The highest BCUT2D eigenvalue weighted by Gasteiger charge is 2.38. The fraction of sp³-hybridized carbons (Fsp3) is 0.360. The van der Waals surface area contributed by atoms with Crippen molar-refractivity contribution >= 4 is 33.5 Å². The van der Waals surface area contributed by atoms with Crippen LogP contribution in [0.25, 0.3) is 0 Å². The van der Waals surface area contributed by atoms with Crippen molar-refractivity contribution in [3.05, 3.63) is 64.6 Å². The highest BCUT2D eigenvalue weighted by Crippen LogP contribution is 2.27. The Hall–Kier alpha value is -4.14. The van der Waals surface area contributed by atoms with Gasteiger partial charge in [-0.05, 0) is 62.9 Å². The molecule has 0 atom stereocenters. The lowest BCUT2D eigenvalue weighted by Gasteiger charge is -2.22. The van der Waals surface area contributed by atoms with Crippen LogP contribution in [0.4, 0.5) is 24.7 Å². The molecule has 1 aromatic carbocycles. The molecule has 15 heteroatoms. The first-order valence-corrected chi connectivity index (χ1v) is 13.3. The Morgan fingerprint density at radius 2 is 1.75 bits per heavy atom. The van der Waals surface area contributed by atoms with E-state index in [1.807, 2.05) is 30.5 Å². The number of benzene rings is 1. The molecule has 218 valence electrons. The first kappa shape index (κ1) is 32.1. The Labute approximate surface area is 229 Å². The summed E-state index contributed by atoms with van der Waals surface area (Å²) in [5, 5.41) is 20.9. The number of aryl methyl sites for hydroxylation is 3. The molecule has 0 saturated heterocycles. The molecule has 3 rings (SSSR count). The molecular weight excluding hydrogens is 555 g/mol. The predicted octanol–water partition coefficient (Wildman–Crippen LogP) is 3.94. The number of anilines is 2. The Morgan fingerprint density at radius 3 is 2.25 bits per heavy atom. The molecule has 2 aromatic heterocycles. The maximum absolute atomic E-state index is 13.0. The van der Waals surface area contributed by atoms with E-state index < -0.39 is 28.1 Å². The number of aliphatic carboxylic acids is 1. The number of hydrogen-bond donors (Lipinski definition) is 3. The molecule has 0 amide bonds. The summed E-state index contributed by atoms with van der Waals surface area (Å²) < 4.78 is 62.1. The monoisotopic (exact) mass is 585 g/mol. The van der Waals surface area contributed by atoms with Gasteiger partial charge in [0.15, 0.2) is 5.82 Å². The maximum atomic E-state index is 13.0. The summed E-state index contributed by atoms with van der Waals surface area (Å²) in [7, 11) is -0.210. The van der Waals surface area contributed by atoms with Gasteiger partial charge in [-0.15, -0.1) is 0 Å². The highest BCUT2D eigenvalue weighted by atomic mass is 32.2. The van der Waals surface area contributed by atoms with Crippen LogP contribution in [0, 0.1) is 20.8 Å². The van der Waals surface area contributed by atoms with Crippen molar-refractivity contribution in [1.82, 2.24) is 14.8 Å². The third-order valence-electron chi connectivity index (χ3n) is 5.84. The quantitative estimate of drug-likeness (QED) is 0.339. The lowest BCUT2D eigenvalue weighted by molar-refractivity contribution is -0.192. The van der Waals surface area contributed by atoms with E-state index in [1.54, 1.807) is 32.2 Å². The van der Waals surface area contributed by atoms with Gasteiger partial charge in [0.05, 0.1) is 21.8 Å². The Bertz CT molecular complexity index is 1490. The van der Waals surface area contributed by atoms with Crippen LogP contribution in [0.5, 0.6) is 0 Å². The lowest BCUT2D eigenvalue weighted by atomic mass is 10.1. The second-order valence-corrected chi connectivity index (χ2v) is 10.6. The van der Waals surface area contributed by atoms with Crippen LogP contribution in [0.2, 0.25) is 0 Å². The first-order chi connectivity index (χ1) is 18.4. The summed E-state index contributed by atoms with van der Waals surface area (Å²) in [5.74, 6) is -3.58. The van der Waals surface area contributed by atoms with Crippen molar-refractivity contribution in [3.8, 4) is 0 Å². The molecule has 0 unspecified atom stereocenters. The lowest BCUT2D eigenvalue weighted by Crippen LogP contribution is -2.24. The van der Waals surface area contributed by atoms with E-state index in [1.165, 1.54) is 23.9 Å². The number of aromatic carboxylic acids is 1. The molecule has 0 bridgehead atoms. The fourth-order valence-corrected chi connectivity index (χ4v) is 4.87. The average Bonchev–Trinajstić information content (AvgIpc) is 3.09. The van der Waals surface area contributed by atoms with Crippen LogP contribution in [-0.4, -0.2) is 65.1 Å². The standard InChI is InChI=1S/C23H29N5O4S.C2HF3O2/c1-15-8-6-9-19(12-15)33(31,32)26-21-13-18(23(29)30)14-24-22(21)27(4)11-7-10-20-16(2)25-28(5)17(20)3;3-2(4,5)1(6)7/h6,8-9,12-14,26H,7,10-11H2,1-5H3,(H,29,30);(H,6,7). The van der Waals surface area contributed by atoms with Crippen LogP contribution >= 0.6 is 0 Å². The molecule has 0 fully saturated rings. The number of pyridine rings is 1. The van der Waals surface area contributed by atoms with Gasteiger partial charge in [-0.2, -0.15) is 18.3 Å². The minimum absolute atomic E-state index is 0.0966. The molecule has 0 aliphatic carbocycles. The van der Waals surface area contributed by atoms with E-state index in [4.69, 9.17) is 9.90 Å². The van der Waals surface area contributed by atoms with Gasteiger partial charge in [-0.25, -0.2) is 23.0 Å². The van der Waals surface area contributed by atoms with Crippen molar-refractivity contribution in [2.24, 2.45) is 7.05 Å². The third kappa shape index (κ3) is 8.43. The zero-order valence-electron chi connectivity index (χ0n) is 22.4. The Morgan fingerprint density at radius 1 is 1.12 bits per heavy atom. The number of aromatic nitrogens is 3. The second-order valence-electron chi connectivity index (χ2n) is 8.92. The molecule has 3 aromatic rings. The summed E-state index contributed by atoms with van der Waals surface area (Å²) in [6.07, 6.45) is -2.25. The fourth-order valence-electron chi connectivity index (χ4n) is 3.72. The molecule has 3 N–H and O–H groups in total. The number of nitrogens with one attached hydrogen (secondary N) is 1. The van der Waals surface area contributed by atoms with Gasteiger partial charge in [-0.3, -0.25) is 9.40 Å². The van der Waals surface area contributed by atoms with E-state index in [0.29, 0.717) is 12.4 Å². The van der Waals surface area contributed by atoms with E-state index >= 15 is 0 Å². The number of nitrogens with zero attached hydrogens (tertiary/aromatic N) is 4. The van der Waals surface area contributed by atoms with Gasteiger partial charge >= 0.3 is 18.1 Å². The number of rotatable bonds is 9. The number of sulfonamides is 1. The summed E-state index contributed by atoms with van der Waals surface area (Å²) in [5.41, 5.74) is 4.12. The van der Waals surface area contributed by atoms with Crippen molar-refractivity contribution in [3.63, 3.8) is 0 Å². The van der Waals surface area contributed by atoms with Crippen molar-refractivity contribution < 1.29 is 41.4 Å². The molecule has 0 radical (unpaired) electrons. The largest absolute Gasteiger partial charge is 0.490 e. The topological polar surface area (TPSA) is 155 Å². The normalized spacial score (nSPS) is 11.4. The number of alkyl halides is 3. The maximum Gasteiger partial charge on any atom is 0.490 e. The van der Waals surface area contributed by atoms with Crippen LogP contribution in [0.1, 0.15) is 39.3 Å². The third-order valence-corrected chi connectivity index (χ3v) is 7.20. The SMILES string of the molecule is Cc1cccc(S(=O)(=O)Nc2cc(C(=O)O)cnc2N(C)CCCc2c(C)nn(C)c2C)c1.O=C(O)C(F)(F)F. The van der Waals surface area contributed by atoms with E-state index in [2.05, 4.69) is 14.8 Å². The Balaban J connectivity index is 0.000000708. The summed E-state index contributed by atoms with van der Waals surface area (Å²) in [6.45, 7) is 6.41. The molecule has 11 nitrogen and oxygen atoms in total. The number of carboxylic acid groups (broad SMARTS) is 2. The summed E-state index contributed by atoms with van der Waals surface area (Å²) in [4.78, 5) is 26.5. The predicted molar refractivity (Wildman–Crippen MR) is 141 cm³/mol. The Kier molecular flexibility index (Phi) is 10.3. The van der Waals surface area contributed by atoms with Gasteiger partial charge in [0.1, 0.15) is 0 Å². The van der Waals surface area contributed by atoms with Gasteiger partial charge in [0.25, 0.3) is 10.0 Å². The minimum Gasteiger partial charge on any atom is -0.478 e. The van der Waals surface area contributed by atoms with Crippen molar-refractivity contribution in [2.45, 2.75) is 44.7 Å². The van der Waals surface area contributed by atoms with Crippen LogP contribution in [0.3, 0.4) is 0 Å². The smallest absolute Gasteiger partial charge is 0.478 e. The molecule has 0 aliphatic heterocycles. The molecule has 2 heterocycles. The molecule has 0 spiro atoms. The highest BCUT2D eigenvalue weighted by molar-refractivity contribution is 7.92. The zero-order valence-corrected chi connectivity index (χ0v) is 23.3. The molecule has 0 aliphatic rings. The summed E-state index contributed by atoms with van der Waals surface area (Å²) >= 11 is 0. The average molecular weight is 586 g/mol. The van der Waals surface area contributed by atoms with E-state index in [-0.39, 0.29) is 16.1 Å². The molecular formula is C25H30F3N5O6S. The molecule has 0 saturated carbocycles. The summed E-state index contributed by atoms with van der Waals surface area (Å²) in [6, 6.07) is 7.80. The van der Waals surface area contributed by atoms with E-state index in [0.717, 1.165) is 29.8 Å². The molecule has 40 heavy (non-hydrogen) atoms. The first-order valence-electron chi connectivity index (χ1n) is 11.8. The van der Waals surface area contributed by atoms with Gasteiger partial charge in [0, 0.05) is 32.5 Å². The number of carbonyl (C=O) groups is 2. The van der Waals surface area contributed by atoms with Crippen molar-refractivity contribution in [2.75, 3.05) is 23.2 Å². The van der Waals surface area contributed by atoms with Gasteiger partial charge < -0.3 is 15.1 Å². The van der Waals surface area contributed by atoms with E-state index in [9.17, 15) is 31.5 Å². The minimum atomic E-state index is -5.08. The van der Waals surface area contributed by atoms with Crippen molar-refractivity contribution in [1.29, 1.82) is 0 Å². The van der Waals surface area contributed by atoms with Crippen LogP contribution in [0.15, 0.2) is 41.4 Å². The van der Waals surface area contributed by atoms with Gasteiger partial charge in [-0.1, -0.05) is 12.1 Å². The number of hydrogen-bond acceptors (Lipinski definition) is 7. The van der Waals surface area contributed by atoms with Gasteiger partial charge in [0.2, 0.25) is 0 Å². The second kappa shape index (κ2) is 12.8. The zero-order chi connectivity index (χ0) is 30.4. The van der Waals surface area contributed by atoms with Crippen LogP contribution in [-0.2, 0) is 28.3 Å². The van der Waals surface area contributed by atoms with Crippen LogP contribution < -0.4 is 9.62 Å². The number of carboxylic acids is 2. The number of halogens is 3.